The highest BCUT2D eigenvalue weighted by molar-refractivity contribution is 5.57. The summed E-state index contributed by atoms with van der Waals surface area (Å²) in [5.41, 5.74) is 5.00. The second kappa shape index (κ2) is 7.74. The quantitative estimate of drug-likeness (QED) is 0.439. The third kappa shape index (κ3) is 3.50. The van der Waals surface area contributed by atoms with Crippen molar-refractivity contribution in [2.24, 2.45) is 34.1 Å². The molecule has 0 aromatic heterocycles. The minimum Gasteiger partial charge on any atom is -0.395 e. The van der Waals surface area contributed by atoms with Crippen molar-refractivity contribution in [3.05, 3.63) is 0 Å². The van der Waals surface area contributed by atoms with E-state index in [9.17, 15) is 5.11 Å². The van der Waals surface area contributed by atoms with Crippen LogP contribution in [-0.2, 0) is 4.84 Å². The zero-order valence-electron chi connectivity index (χ0n) is 15.4. The van der Waals surface area contributed by atoms with Gasteiger partial charge in [0, 0.05) is 12.8 Å². The molecule has 0 radical (unpaired) electrons. The van der Waals surface area contributed by atoms with E-state index in [1.165, 1.54) is 44.9 Å². The van der Waals surface area contributed by atoms with Crippen LogP contribution < -0.4 is 5.73 Å². The average molecular weight is 337 g/mol. The SMILES string of the molecule is C[C@]12CC[C@H](C3CCCCC3)C[C@@]1(O)CC[C@@H]2C/C=N/OCCN. The Morgan fingerprint density at radius 2 is 1.92 bits per heavy atom. The van der Waals surface area contributed by atoms with Crippen LogP contribution in [0.25, 0.3) is 0 Å². The van der Waals surface area contributed by atoms with Gasteiger partial charge in [-0.15, -0.1) is 0 Å². The molecule has 0 aromatic carbocycles. The molecule has 4 nitrogen and oxygen atoms in total. The lowest BCUT2D eigenvalue weighted by Gasteiger charge is -2.51. The summed E-state index contributed by atoms with van der Waals surface area (Å²) in [6, 6.07) is 0. The van der Waals surface area contributed by atoms with Crippen molar-refractivity contribution in [3.63, 3.8) is 0 Å². The van der Waals surface area contributed by atoms with Crippen LogP contribution in [0.4, 0.5) is 0 Å². The van der Waals surface area contributed by atoms with Crippen LogP contribution in [0.15, 0.2) is 5.16 Å². The molecule has 0 heterocycles. The molecule has 0 amide bonds. The third-order valence-corrected chi connectivity index (χ3v) is 7.57. The zero-order valence-corrected chi connectivity index (χ0v) is 15.4. The lowest BCUT2D eigenvalue weighted by Crippen LogP contribution is -2.50. The Morgan fingerprint density at radius 1 is 1.12 bits per heavy atom. The predicted molar refractivity (Wildman–Crippen MR) is 97.8 cm³/mol. The van der Waals surface area contributed by atoms with Gasteiger partial charge in [-0.05, 0) is 61.7 Å². The van der Waals surface area contributed by atoms with Crippen LogP contribution in [0, 0.1) is 23.2 Å². The summed E-state index contributed by atoms with van der Waals surface area (Å²) in [7, 11) is 0. The summed E-state index contributed by atoms with van der Waals surface area (Å²) >= 11 is 0. The Bertz CT molecular complexity index is 435. The maximum Gasteiger partial charge on any atom is 0.129 e. The maximum absolute atomic E-state index is 11.5. The monoisotopic (exact) mass is 336 g/mol. The van der Waals surface area contributed by atoms with E-state index in [0.717, 1.165) is 37.5 Å². The molecule has 0 saturated heterocycles. The third-order valence-electron chi connectivity index (χ3n) is 7.57. The molecule has 0 spiro atoms. The average Bonchev–Trinajstić information content (AvgIpc) is 2.86. The van der Waals surface area contributed by atoms with Gasteiger partial charge in [-0.2, -0.15) is 0 Å². The van der Waals surface area contributed by atoms with E-state index in [4.69, 9.17) is 10.6 Å². The summed E-state index contributed by atoms with van der Waals surface area (Å²) in [6.07, 6.45) is 15.4. The fourth-order valence-corrected chi connectivity index (χ4v) is 5.90. The molecule has 0 aliphatic heterocycles. The normalized spacial score (nSPS) is 40.8. The smallest absolute Gasteiger partial charge is 0.129 e. The van der Waals surface area contributed by atoms with Crippen LogP contribution in [0.3, 0.4) is 0 Å². The summed E-state index contributed by atoms with van der Waals surface area (Å²) in [5, 5.41) is 15.5. The number of oxime groups is 1. The highest BCUT2D eigenvalue weighted by Gasteiger charge is 2.58. The van der Waals surface area contributed by atoms with Gasteiger partial charge in [0.15, 0.2) is 0 Å². The molecule has 4 heteroatoms. The van der Waals surface area contributed by atoms with Crippen LogP contribution in [-0.4, -0.2) is 30.1 Å². The van der Waals surface area contributed by atoms with Crippen LogP contribution >= 0.6 is 0 Å². The van der Waals surface area contributed by atoms with Crippen molar-refractivity contribution in [3.8, 4) is 0 Å². The molecule has 0 aromatic rings. The van der Waals surface area contributed by atoms with Crippen LogP contribution in [0.5, 0.6) is 0 Å². The lowest BCUT2D eigenvalue weighted by molar-refractivity contribution is -0.122. The fourth-order valence-electron chi connectivity index (χ4n) is 5.90. The molecule has 3 saturated carbocycles. The van der Waals surface area contributed by atoms with Gasteiger partial charge in [0.2, 0.25) is 0 Å². The van der Waals surface area contributed by atoms with Gasteiger partial charge in [-0.1, -0.05) is 44.2 Å². The highest BCUT2D eigenvalue weighted by atomic mass is 16.6. The summed E-state index contributed by atoms with van der Waals surface area (Å²) < 4.78 is 0. The van der Waals surface area contributed by atoms with E-state index in [1.807, 2.05) is 6.21 Å². The summed E-state index contributed by atoms with van der Waals surface area (Å²) in [5.74, 6) is 2.15. The van der Waals surface area contributed by atoms with Gasteiger partial charge in [0.05, 0.1) is 5.60 Å². The zero-order chi connectivity index (χ0) is 17.0. The lowest BCUT2D eigenvalue weighted by atomic mass is 9.57. The number of fused-ring (bicyclic) bond motifs is 1. The van der Waals surface area contributed by atoms with Gasteiger partial charge in [-0.25, -0.2) is 0 Å². The number of hydrogen-bond acceptors (Lipinski definition) is 4. The van der Waals surface area contributed by atoms with E-state index >= 15 is 0 Å². The van der Waals surface area contributed by atoms with Gasteiger partial charge in [0.25, 0.3) is 0 Å². The Hall–Kier alpha value is -0.610. The highest BCUT2D eigenvalue weighted by Crippen LogP contribution is 2.61. The Morgan fingerprint density at radius 3 is 2.67 bits per heavy atom. The van der Waals surface area contributed by atoms with E-state index in [0.29, 0.717) is 19.1 Å². The number of aliphatic hydroxyl groups is 1. The number of hydrogen-bond donors (Lipinski definition) is 2. The second-order valence-electron chi connectivity index (χ2n) is 8.73. The van der Waals surface area contributed by atoms with Gasteiger partial charge < -0.3 is 15.7 Å². The van der Waals surface area contributed by atoms with Crippen LogP contribution in [0.1, 0.15) is 77.6 Å². The largest absolute Gasteiger partial charge is 0.395 e. The Kier molecular flexibility index (Phi) is 5.86. The molecule has 3 rings (SSSR count). The van der Waals surface area contributed by atoms with Crippen molar-refractivity contribution in [2.45, 2.75) is 83.2 Å². The summed E-state index contributed by atoms with van der Waals surface area (Å²) in [4.78, 5) is 5.12. The van der Waals surface area contributed by atoms with Crippen molar-refractivity contribution in [1.29, 1.82) is 0 Å². The van der Waals surface area contributed by atoms with Gasteiger partial charge in [-0.3, -0.25) is 0 Å². The molecule has 0 bridgehead atoms. The van der Waals surface area contributed by atoms with Gasteiger partial charge >= 0.3 is 0 Å². The summed E-state index contributed by atoms with van der Waals surface area (Å²) in [6.45, 7) is 3.31. The van der Waals surface area contributed by atoms with Crippen molar-refractivity contribution >= 4 is 6.21 Å². The first-order valence-corrected chi connectivity index (χ1v) is 10.2. The first-order valence-electron chi connectivity index (χ1n) is 10.2. The number of nitrogens with two attached hydrogens (primary N) is 1. The van der Waals surface area contributed by atoms with Crippen LogP contribution in [0.2, 0.25) is 0 Å². The minimum absolute atomic E-state index is 0.0536. The van der Waals surface area contributed by atoms with E-state index < -0.39 is 5.60 Å². The Balaban J connectivity index is 1.59. The number of rotatable bonds is 6. The molecule has 24 heavy (non-hydrogen) atoms. The molecule has 3 aliphatic rings. The second-order valence-corrected chi connectivity index (χ2v) is 8.73. The van der Waals surface area contributed by atoms with Crippen molar-refractivity contribution in [2.75, 3.05) is 13.2 Å². The molecule has 0 unspecified atom stereocenters. The number of nitrogens with zero attached hydrogens (tertiary/aromatic N) is 1. The standard InChI is InChI=1S/C20H36N2O2/c1-19-10-7-17(16-5-3-2-4-6-16)15-20(19,23)11-8-18(19)9-13-22-24-14-12-21/h13,16-18,23H,2-12,14-15,21H2,1H3/b22-13+/t17-,18+,19+,20-/m0/s1. The molecule has 138 valence electrons. The molecular formula is C20H36N2O2. The molecule has 4 atom stereocenters. The first kappa shape index (κ1) is 18.2. The van der Waals surface area contributed by atoms with E-state index in [2.05, 4.69) is 12.1 Å². The molecular weight excluding hydrogens is 300 g/mol. The molecule has 3 fully saturated rings. The molecule has 3 aliphatic carbocycles. The first-order chi connectivity index (χ1) is 11.6. The fraction of sp³-hybridized carbons (Fsp3) is 0.950. The maximum atomic E-state index is 11.5. The van der Waals surface area contributed by atoms with Crippen molar-refractivity contribution < 1.29 is 9.94 Å². The van der Waals surface area contributed by atoms with E-state index in [1.54, 1.807) is 0 Å². The molecule has 3 N–H and O–H groups in total. The predicted octanol–water partition coefficient (Wildman–Crippen LogP) is 3.87. The Labute approximate surface area is 147 Å². The van der Waals surface area contributed by atoms with E-state index in [-0.39, 0.29) is 5.41 Å². The topological polar surface area (TPSA) is 67.8 Å². The minimum atomic E-state index is -0.454. The van der Waals surface area contributed by atoms with Gasteiger partial charge in [0.1, 0.15) is 6.61 Å². The van der Waals surface area contributed by atoms with Crippen molar-refractivity contribution in [1.82, 2.24) is 0 Å².